The van der Waals surface area contributed by atoms with Crippen LogP contribution in [0.3, 0.4) is 0 Å². The number of hydrogen-bond acceptors (Lipinski definition) is 5. The molecule has 0 aromatic rings. The summed E-state index contributed by atoms with van der Waals surface area (Å²) in [6.45, 7) is 0.830. The zero-order chi connectivity index (χ0) is 11.5. The lowest BCUT2D eigenvalue weighted by atomic mass is 9.89. The molecule has 0 aromatic heterocycles. The topological polar surface area (TPSA) is 81.9 Å². The van der Waals surface area contributed by atoms with E-state index in [9.17, 15) is 9.59 Å². The van der Waals surface area contributed by atoms with Crippen molar-refractivity contribution in [3.05, 3.63) is 0 Å². The van der Waals surface area contributed by atoms with Crippen molar-refractivity contribution < 1.29 is 19.1 Å². The summed E-state index contributed by atoms with van der Waals surface area (Å²) in [5.41, 5.74) is 4.90. The maximum absolute atomic E-state index is 11.4. The molecule has 1 aliphatic heterocycles. The van der Waals surface area contributed by atoms with Gasteiger partial charge in [0, 0.05) is 13.1 Å². The van der Waals surface area contributed by atoms with E-state index in [1.807, 2.05) is 0 Å². The Balaban J connectivity index is 2.55. The van der Waals surface area contributed by atoms with E-state index in [-0.39, 0.29) is 6.09 Å². The molecule has 6 heteroatoms. The van der Waals surface area contributed by atoms with Gasteiger partial charge in [-0.25, -0.2) is 4.79 Å². The third-order valence-electron chi connectivity index (χ3n) is 2.68. The van der Waals surface area contributed by atoms with Crippen molar-refractivity contribution in [2.45, 2.75) is 18.4 Å². The minimum absolute atomic E-state index is 0.387. The number of hydrogen-bond donors (Lipinski definition) is 1. The largest absolute Gasteiger partial charge is 0.468 e. The highest BCUT2D eigenvalue weighted by atomic mass is 16.5. The van der Waals surface area contributed by atoms with Crippen molar-refractivity contribution in [2.75, 3.05) is 27.3 Å². The van der Waals surface area contributed by atoms with Crippen LogP contribution < -0.4 is 5.73 Å². The van der Waals surface area contributed by atoms with Crippen molar-refractivity contribution >= 4 is 12.1 Å². The molecule has 1 rings (SSSR count). The van der Waals surface area contributed by atoms with E-state index in [2.05, 4.69) is 9.47 Å². The van der Waals surface area contributed by atoms with Gasteiger partial charge in [-0.15, -0.1) is 0 Å². The molecule has 1 aliphatic rings. The number of ether oxygens (including phenoxy) is 2. The van der Waals surface area contributed by atoms with E-state index < -0.39 is 11.5 Å². The highest BCUT2D eigenvalue weighted by Crippen LogP contribution is 2.21. The highest BCUT2D eigenvalue weighted by Gasteiger charge is 2.39. The number of rotatable bonds is 1. The molecule has 15 heavy (non-hydrogen) atoms. The Bertz CT molecular complexity index is 259. The van der Waals surface area contributed by atoms with Crippen LogP contribution in [0.2, 0.25) is 0 Å². The first-order valence-corrected chi connectivity index (χ1v) is 4.73. The molecular formula is C9H16N2O4. The SMILES string of the molecule is COC(=O)N1CCC(N)(C(=O)OC)CC1. The molecule has 0 aliphatic carbocycles. The first-order valence-electron chi connectivity index (χ1n) is 4.73. The summed E-state index contributed by atoms with van der Waals surface area (Å²) in [6.07, 6.45) is 0.408. The van der Waals surface area contributed by atoms with E-state index in [0.29, 0.717) is 25.9 Å². The van der Waals surface area contributed by atoms with E-state index in [0.717, 1.165) is 0 Å². The fraction of sp³-hybridized carbons (Fsp3) is 0.778. The predicted octanol–water partition coefficient (Wildman–Crippen LogP) is -0.281. The van der Waals surface area contributed by atoms with Gasteiger partial charge in [-0.2, -0.15) is 0 Å². The zero-order valence-corrected chi connectivity index (χ0v) is 8.99. The molecule has 1 heterocycles. The Hall–Kier alpha value is -1.30. The van der Waals surface area contributed by atoms with Crippen LogP contribution in [0.25, 0.3) is 0 Å². The third kappa shape index (κ3) is 2.38. The molecule has 1 fully saturated rings. The third-order valence-corrected chi connectivity index (χ3v) is 2.68. The summed E-state index contributed by atoms with van der Waals surface area (Å²) in [6, 6.07) is 0. The molecule has 0 spiro atoms. The summed E-state index contributed by atoms with van der Waals surface area (Å²) >= 11 is 0. The van der Waals surface area contributed by atoms with Crippen LogP contribution in [0.15, 0.2) is 0 Å². The molecule has 0 bridgehead atoms. The maximum Gasteiger partial charge on any atom is 0.409 e. The normalized spacial score (nSPS) is 19.5. The minimum Gasteiger partial charge on any atom is -0.468 e. The second kappa shape index (κ2) is 4.48. The molecule has 1 saturated heterocycles. The van der Waals surface area contributed by atoms with Crippen LogP contribution >= 0.6 is 0 Å². The number of piperidine rings is 1. The summed E-state index contributed by atoms with van der Waals surface area (Å²) in [5.74, 6) is -0.424. The minimum atomic E-state index is -0.959. The van der Waals surface area contributed by atoms with Gasteiger partial charge in [-0.05, 0) is 12.8 Å². The Morgan fingerprint density at radius 2 is 1.73 bits per heavy atom. The molecule has 1 amide bonds. The lowest BCUT2D eigenvalue weighted by molar-refractivity contribution is -0.148. The summed E-state index contributed by atoms with van der Waals surface area (Å²) in [5, 5.41) is 0. The molecule has 0 radical (unpaired) electrons. The molecule has 2 N–H and O–H groups in total. The molecule has 0 saturated carbocycles. The van der Waals surface area contributed by atoms with Gasteiger partial charge in [0.25, 0.3) is 0 Å². The van der Waals surface area contributed by atoms with Crippen LogP contribution in [0.4, 0.5) is 4.79 Å². The predicted molar refractivity (Wildman–Crippen MR) is 52.1 cm³/mol. The summed E-state index contributed by atoms with van der Waals surface area (Å²) < 4.78 is 9.19. The molecule has 86 valence electrons. The van der Waals surface area contributed by atoms with Crippen LogP contribution in [-0.2, 0) is 14.3 Å². The van der Waals surface area contributed by atoms with Crippen molar-refractivity contribution in [1.29, 1.82) is 0 Å². The number of nitrogens with zero attached hydrogens (tertiary/aromatic N) is 1. The number of carbonyl (C=O) groups is 2. The van der Waals surface area contributed by atoms with Gasteiger partial charge >= 0.3 is 12.1 Å². The lowest BCUT2D eigenvalue weighted by Gasteiger charge is -2.36. The second-order valence-corrected chi connectivity index (χ2v) is 3.60. The van der Waals surface area contributed by atoms with Crippen molar-refractivity contribution in [1.82, 2.24) is 4.90 Å². The van der Waals surface area contributed by atoms with E-state index in [4.69, 9.17) is 5.73 Å². The first-order chi connectivity index (χ1) is 7.03. The average molecular weight is 216 g/mol. The van der Waals surface area contributed by atoms with E-state index in [1.54, 1.807) is 0 Å². The standard InChI is InChI=1S/C9H16N2O4/c1-14-7(12)9(10)3-5-11(6-4-9)8(13)15-2/h3-6,10H2,1-2H3. The van der Waals surface area contributed by atoms with Crippen LogP contribution in [0.1, 0.15) is 12.8 Å². The molecular weight excluding hydrogens is 200 g/mol. The average Bonchev–Trinajstić information content (AvgIpc) is 2.28. The van der Waals surface area contributed by atoms with E-state index in [1.165, 1.54) is 19.1 Å². The molecule has 0 unspecified atom stereocenters. The lowest BCUT2D eigenvalue weighted by Crippen LogP contribution is -2.57. The van der Waals surface area contributed by atoms with Gasteiger partial charge in [-0.1, -0.05) is 0 Å². The monoisotopic (exact) mass is 216 g/mol. The number of nitrogens with two attached hydrogens (primary N) is 1. The quantitative estimate of drug-likeness (QED) is 0.609. The highest BCUT2D eigenvalue weighted by molar-refractivity contribution is 5.81. The van der Waals surface area contributed by atoms with Crippen LogP contribution in [0.5, 0.6) is 0 Å². The number of esters is 1. The van der Waals surface area contributed by atoms with Gasteiger partial charge in [0.2, 0.25) is 0 Å². The fourth-order valence-electron chi connectivity index (χ4n) is 1.62. The second-order valence-electron chi connectivity index (χ2n) is 3.60. The zero-order valence-electron chi connectivity index (χ0n) is 8.99. The van der Waals surface area contributed by atoms with Gasteiger partial charge in [0.1, 0.15) is 5.54 Å². The fourth-order valence-corrected chi connectivity index (χ4v) is 1.62. The number of likely N-dealkylation sites (tertiary alicyclic amines) is 1. The summed E-state index contributed by atoms with van der Waals surface area (Å²) in [4.78, 5) is 24.0. The van der Waals surface area contributed by atoms with E-state index >= 15 is 0 Å². The Morgan fingerprint density at radius 3 is 2.13 bits per heavy atom. The number of amides is 1. The smallest absolute Gasteiger partial charge is 0.409 e. The van der Waals surface area contributed by atoms with Crippen molar-refractivity contribution in [3.63, 3.8) is 0 Å². The van der Waals surface area contributed by atoms with Crippen LogP contribution in [0, 0.1) is 0 Å². The van der Waals surface area contributed by atoms with Gasteiger partial charge in [-0.3, -0.25) is 4.79 Å². The Labute approximate surface area is 88.3 Å². The Kier molecular flexibility index (Phi) is 3.52. The van der Waals surface area contributed by atoms with Gasteiger partial charge < -0.3 is 20.1 Å². The first kappa shape index (κ1) is 11.8. The molecule has 0 aromatic carbocycles. The van der Waals surface area contributed by atoms with Gasteiger partial charge in [0.05, 0.1) is 14.2 Å². The molecule has 6 nitrogen and oxygen atoms in total. The maximum atomic E-state index is 11.4. The van der Waals surface area contributed by atoms with Crippen molar-refractivity contribution in [2.24, 2.45) is 5.73 Å². The Morgan fingerprint density at radius 1 is 1.20 bits per heavy atom. The van der Waals surface area contributed by atoms with Crippen LogP contribution in [-0.4, -0.2) is 49.8 Å². The van der Waals surface area contributed by atoms with Crippen molar-refractivity contribution in [3.8, 4) is 0 Å². The molecule has 0 atom stereocenters. The number of carbonyl (C=O) groups excluding carboxylic acids is 2. The van der Waals surface area contributed by atoms with Gasteiger partial charge in [0.15, 0.2) is 0 Å². The number of methoxy groups -OCH3 is 2. The summed E-state index contributed by atoms with van der Waals surface area (Å²) in [7, 11) is 2.64.